The smallest absolute Gasteiger partial charge is 0.227 e. The molecule has 94 valence electrons. The van der Waals surface area contributed by atoms with Crippen molar-refractivity contribution in [3.8, 4) is 0 Å². The third kappa shape index (κ3) is 2.49. The van der Waals surface area contributed by atoms with Crippen LogP contribution in [0.3, 0.4) is 0 Å². The van der Waals surface area contributed by atoms with E-state index in [1.165, 1.54) is 0 Å². The zero-order chi connectivity index (χ0) is 12.3. The number of nitrogens with two attached hydrogens (primary N) is 1. The first-order valence-corrected chi connectivity index (χ1v) is 6.12. The highest BCUT2D eigenvalue weighted by Crippen LogP contribution is 2.37. The van der Waals surface area contributed by atoms with Crippen LogP contribution in [0.4, 0.5) is 0 Å². The Morgan fingerprint density at radius 3 is 2.82 bits per heavy atom. The van der Waals surface area contributed by atoms with Gasteiger partial charge >= 0.3 is 0 Å². The number of carbonyl (C=O) groups is 1. The number of amides is 1. The number of rotatable bonds is 4. The fraction of sp³-hybridized carbons (Fsp3) is 0.667. The molecule has 1 amide bonds. The summed E-state index contributed by atoms with van der Waals surface area (Å²) < 4.78 is 1.73. The van der Waals surface area contributed by atoms with Gasteiger partial charge in [0.15, 0.2) is 0 Å². The number of aryl methyl sites for hydroxylation is 1. The molecule has 0 unspecified atom stereocenters. The zero-order valence-corrected chi connectivity index (χ0v) is 10.3. The second-order valence-corrected chi connectivity index (χ2v) is 4.90. The van der Waals surface area contributed by atoms with Crippen LogP contribution in [0.2, 0.25) is 0 Å². The van der Waals surface area contributed by atoms with E-state index in [4.69, 9.17) is 5.73 Å². The summed E-state index contributed by atoms with van der Waals surface area (Å²) in [5.74, 6) is 0.0985. The normalized spacial score (nSPS) is 18.2. The molecular formula is C12H20N4O. The Kier molecular flexibility index (Phi) is 3.47. The first kappa shape index (κ1) is 12.1. The topological polar surface area (TPSA) is 72.9 Å². The van der Waals surface area contributed by atoms with E-state index in [1.807, 2.05) is 13.2 Å². The molecule has 1 heterocycles. The van der Waals surface area contributed by atoms with Crippen molar-refractivity contribution in [2.24, 2.45) is 18.2 Å². The number of aromatic nitrogens is 2. The van der Waals surface area contributed by atoms with Crippen molar-refractivity contribution in [3.05, 3.63) is 18.0 Å². The fourth-order valence-electron chi connectivity index (χ4n) is 2.51. The molecule has 2 rings (SSSR count). The van der Waals surface area contributed by atoms with Crippen molar-refractivity contribution in [2.75, 3.05) is 6.54 Å². The van der Waals surface area contributed by atoms with Gasteiger partial charge in [0.05, 0.1) is 11.6 Å². The standard InChI is InChI=1S/C12H20N4O/c1-16-8-10(7-15-16)6-14-11(17)12(9-13)4-2-3-5-12/h7-8H,2-6,9,13H2,1H3,(H,14,17). The average Bonchev–Trinajstić information content (AvgIpc) is 2.95. The summed E-state index contributed by atoms with van der Waals surface area (Å²) in [4.78, 5) is 12.2. The first-order chi connectivity index (χ1) is 8.16. The summed E-state index contributed by atoms with van der Waals surface area (Å²) in [5.41, 5.74) is 6.47. The molecule has 0 saturated heterocycles. The molecule has 0 aliphatic heterocycles. The van der Waals surface area contributed by atoms with Crippen molar-refractivity contribution in [2.45, 2.75) is 32.2 Å². The van der Waals surface area contributed by atoms with E-state index in [-0.39, 0.29) is 11.3 Å². The van der Waals surface area contributed by atoms with Gasteiger partial charge in [-0.3, -0.25) is 9.48 Å². The summed E-state index contributed by atoms with van der Waals surface area (Å²) in [7, 11) is 1.86. The number of nitrogens with one attached hydrogen (secondary N) is 1. The molecular weight excluding hydrogens is 216 g/mol. The molecule has 1 aliphatic rings. The summed E-state index contributed by atoms with van der Waals surface area (Å²) in [5, 5.41) is 7.04. The molecule has 0 radical (unpaired) electrons. The Bertz CT molecular complexity index is 393. The first-order valence-electron chi connectivity index (χ1n) is 6.12. The number of hydrogen-bond acceptors (Lipinski definition) is 3. The Morgan fingerprint density at radius 2 is 2.29 bits per heavy atom. The number of nitrogens with zero attached hydrogens (tertiary/aromatic N) is 2. The minimum atomic E-state index is -0.317. The van der Waals surface area contributed by atoms with Crippen molar-refractivity contribution in [1.82, 2.24) is 15.1 Å². The molecule has 3 N–H and O–H groups in total. The van der Waals surface area contributed by atoms with E-state index in [0.717, 1.165) is 31.2 Å². The Labute approximate surface area is 101 Å². The molecule has 17 heavy (non-hydrogen) atoms. The van der Waals surface area contributed by atoms with E-state index < -0.39 is 0 Å². The van der Waals surface area contributed by atoms with Gasteiger partial charge in [0.2, 0.25) is 5.91 Å². The molecule has 1 saturated carbocycles. The van der Waals surface area contributed by atoms with Gasteiger partial charge in [-0.05, 0) is 12.8 Å². The van der Waals surface area contributed by atoms with Crippen LogP contribution in [0.15, 0.2) is 12.4 Å². The van der Waals surface area contributed by atoms with Gasteiger partial charge in [0.1, 0.15) is 0 Å². The van der Waals surface area contributed by atoms with Gasteiger partial charge in [0, 0.05) is 31.9 Å². The van der Waals surface area contributed by atoms with Crippen LogP contribution in [0.1, 0.15) is 31.2 Å². The summed E-state index contributed by atoms with van der Waals surface area (Å²) in [6, 6.07) is 0. The molecule has 1 aromatic rings. The van der Waals surface area contributed by atoms with Crippen LogP contribution in [0.25, 0.3) is 0 Å². The average molecular weight is 236 g/mol. The van der Waals surface area contributed by atoms with Gasteiger partial charge in [-0.1, -0.05) is 12.8 Å². The van der Waals surface area contributed by atoms with Gasteiger partial charge in [-0.25, -0.2) is 0 Å². The van der Waals surface area contributed by atoms with E-state index in [1.54, 1.807) is 10.9 Å². The predicted molar refractivity (Wildman–Crippen MR) is 65.0 cm³/mol. The van der Waals surface area contributed by atoms with Gasteiger partial charge in [-0.2, -0.15) is 5.10 Å². The molecule has 0 atom stereocenters. The molecule has 0 aromatic carbocycles. The minimum absolute atomic E-state index is 0.0985. The van der Waals surface area contributed by atoms with E-state index in [0.29, 0.717) is 13.1 Å². The van der Waals surface area contributed by atoms with E-state index >= 15 is 0 Å². The third-order valence-electron chi connectivity index (χ3n) is 3.64. The van der Waals surface area contributed by atoms with Crippen molar-refractivity contribution in [3.63, 3.8) is 0 Å². The van der Waals surface area contributed by atoms with Crippen LogP contribution < -0.4 is 11.1 Å². The second-order valence-electron chi connectivity index (χ2n) is 4.90. The van der Waals surface area contributed by atoms with Crippen LogP contribution in [-0.4, -0.2) is 22.2 Å². The second kappa shape index (κ2) is 4.87. The molecule has 0 spiro atoms. The quantitative estimate of drug-likeness (QED) is 0.802. The summed E-state index contributed by atoms with van der Waals surface area (Å²) in [6.45, 7) is 0.986. The lowest BCUT2D eigenvalue weighted by atomic mass is 9.85. The molecule has 5 heteroatoms. The minimum Gasteiger partial charge on any atom is -0.351 e. The highest BCUT2D eigenvalue weighted by Gasteiger charge is 2.39. The van der Waals surface area contributed by atoms with Gasteiger partial charge < -0.3 is 11.1 Å². The van der Waals surface area contributed by atoms with Crippen LogP contribution in [-0.2, 0) is 18.4 Å². The Balaban J connectivity index is 1.92. The molecule has 0 bridgehead atoms. The maximum absolute atomic E-state index is 12.2. The monoisotopic (exact) mass is 236 g/mol. The highest BCUT2D eigenvalue weighted by molar-refractivity contribution is 5.83. The molecule has 1 aromatic heterocycles. The van der Waals surface area contributed by atoms with Gasteiger partial charge in [-0.15, -0.1) is 0 Å². The largest absolute Gasteiger partial charge is 0.351 e. The van der Waals surface area contributed by atoms with Crippen LogP contribution in [0, 0.1) is 5.41 Å². The lowest BCUT2D eigenvalue weighted by molar-refractivity contribution is -0.130. The van der Waals surface area contributed by atoms with E-state index in [9.17, 15) is 4.79 Å². The summed E-state index contributed by atoms with van der Waals surface area (Å²) >= 11 is 0. The van der Waals surface area contributed by atoms with Crippen molar-refractivity contribution in [1.29, 1.82) is 0 Å². The van der Waals surface area contributed by atoms with Crippen LogP contribution in [0.5, 0.6) is 0 Å². The summed E-state index contributed by atoms with van der Waals surface area (Å²) in [6.07, 6.45) is 7.73. The lowest BCUT2D eigenvalue weighted by Gasteiger charge is -2.25. The Morgan fingerprint density at radius 1 is 1.59 bits per heavy atom. The lowest BCUT2D eigenvalue weighted by Crippen LogP contribution is -2.43. The predicted octanol–water partition coefficient (Wildman–Crippen LogP) is 0.555. The van der Waals surface area contributed by atoms with Crippen molar-refractivity contribution < 1.29 is 4.79 Å². The molecule has 1 aliphatic carbocycles. The van der Waals surface area contributed by atoms with E-state index in [2.05, 4.69) is 10.4 Å². The third-order valence-corrected chi connectivity index (χ3v) is 3.64. The maximum atomic E-state index is 12.2. The number of hydrogen-bond donors (Lipinski definition) is 2. The fourth-order valence-corrected chi connectivity index (χ4v) is 2.51. The van der Waals surface area contributed by atoms with Crippen molar-refractivity contribution >= 4 is 5.91 Å². The molecule has 1 fully saturated rings. The maximum Gasteiger partial charge on any atom is 0.227 e. The Hall–Kier alpha value is -1.36. The zero-order valence-electron chi connectivity index (χ0n) is 10.3. The van der Waals surface area contributed by atoms with Crippen LogP contribution >= 0.6 is 0 Å². The molecule has 5 nitrogen and oxygen atoms in total. The van der Waals surface area contributed by atoms with Gasteiger partial charge in [0.25, 0.3) is 0 Å². The highest BCUT2D eigenvalue weighted by atomic mass is 16.2. The SMILES string of the molecule is Cn1cc(CNC(=O)C2(CN)CCCC2)cn1. The number of carbonyl (C=O) groups excluding carboxylic acids is 1.